The summed E-state index contributed by atoms with van der Waals surface area (Å²) in [5.41, 5.74) is 1.46. The van der Waals surface area contributed by atoms with Crippen molar-refractivity contribution >= 4 is 29.1 Å². The molecule has 1 heterocycles. The molecule has 0 spiro atoms. The van der Waals surface area contributed by atoms with Crippen molar-refractivity contribution in [3.8, 4) is 0 Å². The molecule has 0 aromatic heterocycles. The maximum Gasteiger partial charge on any atom is 0.248 e. The van der Waals surface area contributed by atoms with Crippen molar-refractivity contribution in [3.63, 3.8) is 0 Å². The minimum absolute atomic E-state index is 0. The van der Waals surface area contributed by atoms with Gasteiger partial charge in [-0.1, -0.05) is 54.6 Å². The van der Waals surface area contributed by atoms with Gasteiger partial charge in [0.2, 0.25) is 5.91 Å². The number of halogens is 3. The Balaban J connectivity index is 0.00000272. The number of nitrogens with one attached hydrogen (secondary N) is 1. The first-order valence-electron chi connectivity index (χ1n) is 10.1. The van der Waals surface area contributed by atoms with Crippen LogP contribution in [0.2, 0.25) is 0 Å². The average molecular weight is 447 g/mol. The zero-order chi connectivity index (χ0) is 20.9. The van der Waals surface area contributed by atoms with E-state index in [9.17, 15) is 13.6 Å². The van der Waals surface area contributed by atoms with E-state index in [1.54, 1.807) is 0 Å². The van der Waals surface area contributed by atoms with Crippen molar-refractivity contribution < 1.29 is 18.3 Å². The molecule has 3 aromatic rings. The van der Waals surface area contributed by atoms with Crippen LogP contribution in [0.1, 0.15) is 11.1 Å². The van der Waals surface area contributed by atoms with Gasteiger partial charge in [-0.3, -0.25) is 4.79 Å². The van der Waals surface area contributed by atoms with Gasteiger partial charge in [-0.15, -0.1) is 12.4 Å². The number of hydrogen-bond acceptors (Lipinski definition) is 3. The zero-order valence-corrected chi connectivity index (χ0v) is 17.8. The fourth-order valence-electron chi connectivity index (χ4n) is 3.83. The minimum atomic E-state index is -0.903. The van der Waals surface area contributed by atoms with Crippen LogP contribution in [0, 0.1) is 11.6 Å². The summed E-state index contributed by atoms with van der Waals surface area (Å²) < 4.78 is 33.0. The summed E-state index contributed by atoms with van der Waals surface area (Å²) in [6.45, 7) is 1.70. The molecule has 0 radical (unpaired) electrons. The Hall–Kier alpha value is -2.54. The molecular formula is C24H25ClF2N2O2. The van der Waals surface area contributed by atoms with E-state index in [0.29, 0.717) is 13.1 Å². The van der Waals surface area contributed by atoms with Gasteiger partial charge in [0.25, 0.3) is 0 Å². The Labute approximate surface area is 186 Å². The second-order valence-electron chi connectivity index (χ2n) is 7.51. The molecule has 31 heavy (non-hydrogen) atoms. The van der Waals surface area contributed by atoms with Gasteiger partial charge in [-0.05, 0) is 35.4 Å². The van der Waals surface area contributed by atoms with Crippen LogP contribution in [-0.2, 0) is 22.5 Å². The SMILES string of the molecule is Cl.O=C1CO[C@H](CNCCc2cccc3ccccc23)CN1Cc1cccc(F)c1F. The van der Waals surface area contributed by atoms with Gasteiger partial charge < -0.3 is 15.0 Å². The van der Waals surface area contributed by atoms with Gasteiger partial charge in [0.05, 0.1) is 6.10 Å². The third kappa shape index (κ3) is 5.58. The highest BCUT2D eigenvalue weighted by Crippen LogP contribution is 2.19. The van der Waals surface area contributed by atoms with Gasteiger partial charge in [0.1, 0.15) is 6.61 Å². The molecule has 3 aromatic carbocycles. The molecule has 0 aliphatic carbocycles. The van der Waals surface area contributed by atoms with Crippen molar-refractivity contribution in [2.45, 2.75) is 19.1 Å². The molecule has 1 aliphatic rings. The minimum Gasteiger partial charge on any atom is -0.365 e. The van der Waals surface area contributed by atoms with Gasteiger partial charge in [0, 0.05) is 25.2 Å². The number of carbonyl (C=O) groups is 1. The third-order valence-electron chi connectivity index (χ3n) is 5.44. The Bertz CT molecular complexity index is 1040. The lowest BCUT2D eigenvalue weighted by molar-refractivity contribution is -0.149. The summed E-state index contributed by atoms with van der Waals surface area (Å²) >= 11 is 0. The maximum atomic E-state index is 13.9. The normalized spacial score (nSPS) is 16.4. The summed E-state index contributed by atoms with van der Waals surface area (Å²) in [5, 5.41) is 5.87. The van der Waals surface area contributed by atoms with E-state index in [0.717, 1.165) is 19.0 Å². The van der Waals surface area contributed by atoms with E-state index < -0.39 is 11.6 Å². The van der Waals surface area contributed by atoms with Crippen LogP contribution < -0.4 is 5.32 Å². The predicted molar refractivity (Wildman–Crippen MR) is 119 cm³/mol. The molecule has 1 amide bonds. The zero-order valence-electron chi connectivity index (χ0n) is 17.0. The Morgan fingerprint density at radius 2 is 1.74 bits per heavy atom. The average Bonchev–Trinajstić information content (AvgIpc) is 2.76. The first-order chi connectivity index (χ1) is 14.6. The van der Waals surface area contributed by atoms with Crippen LogP contribution in [0.15, 0.2) is 60.7 Å². The number of fused-ring (bicyclic) bond motifs is 1. The number of ether oxygens (including phenoxy) is 1. The van der Waals surface area contributed by atoms with Crippen molar-refractivity contribution in [2.24, 2.45) is 0 Å². The molecule has 0 bridgehead atoms. The highest BCUT2D eigenvalue weighted by atomic mass is 35.5. The molecule has 1 N–H and O–H groups in total. The lowest BCUT2D eigenvalue weighted by Gasteiger charge is -2.33. The molecule has 0 saturated carbocycles. The molecule has 1 atom stereocenters. The van der Waals surface area contributed by atoms with Crippen LogP contribution in [-0.4, -0.2) is 43.2 Å². The summed E-state index contributed by atoms with van der Waals surface area (Å²) in [6.07, 6.45) is 0.692. The lowest BCUT2D eigenvalue weighted by Crippen LogP contribution is -2.49. The smallest absolute Gasteiger partial charge is 0.248 e. The number of morpholine rings is 1. The largest absolute Gasteiger partial charge is 0.365 e. The lowest BCUT2D eigenvalue weighted by atomic mass is 10.0. The summed E-state index contributed by atoms with van der Waals surface area (Å²) in [7, 11) is 0. The van der Waals surface area contributed by atoms with Crippen LogP contribution in [0.5, 0.6) is 0 Å². The molecule has 1 saturated heterocycles. The second-order valence-corrected chi connectivity index (χ2v) is 7.51. The van der Waals surface area contributed by atoms with Gasteiger partial charge in [0.15, 0.2) is 11.6 Å². The van der Waals surface area contributed by atoms with Crippen LogP contribution in [0.3, 0.4) is 0 Å². The second kappa shape index (κ2) is 10.7. The summed E-state index contributed by atoms with van der Waals surface area (Å²) in [5.74, 6) is -2.02. The topological polar surface area (TPSA) is 41.6 Å². The molecule has 7 heteroatoms. The Morgan fingerprint density at radius 1 is 1.00 bits per heavy atom. The van der Waals surface area contributed by atoms with Gasteiger partial charge in [-0.25, -0.2) is 8.78 Å². The van der Waals surface area contributed by atoms with Crippen molar-refractivity contribution in [2.75, 3.05) is 26.2 Å². The van der Waals surface area contributed by atoms with Crippen molar-refractivity contribution in [3.05, 3.63) is 83.4 Å². The van der Waals surface area contributed by atoms with E-state index >= 15 is 0 Å². The molecular weight excluding hydrogens is 422 g/mol. The molecule has 164 valence electrons. The molecule has 4 rings (SSSR count). The number of hydrogen-bond donors (Lipinski definition) is 1. The number of benzene rings is 3. The molecule has 0 unspecified atom stereocenters. The molecule has 4 nitrogen and oxygen atoms in total. The number of carbonyl (C=O) groups excluding carboxylic acids is 1. The number of rotatable bonds is 7. The van der Waals surface area contributed by atoms with Crippen molar-refractivity contribution in [1.29, 1.82) is 0 Å². The maximum absolute atomic E-state index is 13.9. The highest BCUT2D eigenvalue weighted by Gasteiger charge is 2.27. The Morgan fingerprint density at radius 3 is 2.61 bits per heavy atom. The fourth-order valence-corrected chi connectivity index (χ4v) is 3.83. The third-order valence-corrected chi connectivity index (χ3v) is 5.44. The quantitative estimate of drug-likeness (QED) is 0.555. The number of nitrogens with zero attached hydrogens (tertiary/aromatic N) is 1. The van der Waals surface area contributed by atoms with E-state index in [-0.39, 0.29) is 43.1 Å². The van der Waals surface area contributed by atoms with Gasteiger partial charge in [-0.2, -0.15) is 0 Å². The summed E-state index contributed by atoms with van der Waals surface area (Å²) in [4.78, 5) is 13.7. The standard InChI is InChI=1S/C24H24F2N2O2.ClH/c25-22-10-4-8-19(24(22)26)14-28-15-20(30-16-23(28)29)13-27-12-11-18-7-3-6-17-5-1-2-9-21(17)18;/h1-10,20,27H,11-16H2;1H/t20-;/m1./s1. The first-order valence-corrected chi connectivity index (χ1v) is 10.1. The van der Waals surface area contributed by atoms with E-state index in [2.05, 4.69) is 35.6 Å². The van der Waals surface area contributed by atoms with E-state index in [1.165, 1.54) is 33.4 Å². The van der Waals surface area contributed by atoms with Crippen LogP contribution >= 0.6 is 12.4 Å². The fraction of sp³-hybridized carbons (Fsp3) is 0.292. The highest BCUT2D eigenvalue weighted by molar-refractivity contribution is 5.86. The van der Waals surface area contributed by atoms with E-state index in [4.69, 9.17) is 4.74 Å². The van der Waals surface area contributed by atoms with Crippen molar-refractivity contribution in [1.82, 2.24) is 10.2 Å². The van der Waals surface area contributed by atoms with E-state index in [1.807, 2.05) is 12.1 Å². The Kier molecular flexibility index (Phi) is 7.96. The number of amides is 1. The monoisotopic (exact) mass is 446 g/mol. The summed E-state index contributed by atoms with van der Waals surface area (Å²) in [6, 6.07) is 18.6. The predicted octanol–water partition coefficient (Wildman–Crippen LogP) is 4.10. The first kappa shape index (κ1) is 23.1. The van der Waals surface area contributed by atoms with Crippen LogP contribution in [0.4, 0.5) is 8.78 Å². The van der Waals surface area contributed by atoms with Gasteiger partial charge >= 0.3 is 0 Å². The molecule has 1 fully saturated rings. The molecule has 1 aliphatic heterocycles. The van der Waals surface area contributed by atoms with Crippen LogP contribution in [0.25, 0.3) is 10.8 Å².